The molecule has 1 amide bonds. The Morgan fingerprint density at radius 2 is 1.95 bits per heavy atom. The summed E-state index contributed by atoms with van der Waals surface area (Å²) in [7, 11) is 0. The maximum Gasteiger partial charge on any atom is 0.573 e. The Morgan fingerprint density at radius 3 is 2.53 bits per heavy atom. The molecule has 0 saturated carbocycles. The summed E-state index contributed by atoms with van der Waals surface area (Å²) in [5, 5.41) is 2.68. The van der Waals surface area contributed by atoms with Gasteiger partial charge in [0.1, 0.15) is 5.75 Å². The molecule has 1 rings (SSSR count). The Labute approximate surface area is 109 Å². The van der Waals surface area contributed by atoms with E-state index in [9.17, 15) is 18.0 Å². The van der Waals surface area contributed by atoms with Gasteiger partial charge in [-0.05, 0) is 31.9 Å². The van der Waals surface area contributed by atoms with Crippen LogP contribution in [-0.2, 0) is 11.2 Å². The van der Waals surface area contributed by atoms with E-state index in [-0.39, 0.29) is 30.5 Å². The van der Waals surface area contributed by atoms with Crippen LogP contribution in [-0.4, -0.2) is 18.3 Å². The highest BCUT2D eigenvalue weighted by Gasteiger charge is 2.31. The number of amides is 1. The van der Waals surface area contributed by atoms with Crippen molar-refractivity contribution in [1.82, 2.24) is 5.32 Å². The predicted octanol–water partition coefficient (Wildman–Crippen LogP) is 3.04. The van der Waals surface area contributed by atoms with Gasteiger partial charge in [-0.25, -0.2) is 0 Å². The molecule has 0 spiro atoms. The Kier molecular flexibility index (Phi) is 5.20. The van der Waals surface area contributed by atoms with Gasteiger partial charge >= 0.3 is 6.36 Å². The molecule has 3 nitrogen and oxygen atoms in total. The minimum atomic E-state index is -4.73. The lowest BCUT2D eigenvalue weighted by Crippen LogP contribution is -2.30. The van der Waals surface area contributed by atoms with Crippen LogP contribution in [0, 0.1) is 0 Å². The van der Waals surface area contributed by atoms with Gasteiger partial charge in [0.05, 0.1) is 0 Å². The summed E-state index contributed by atoms with van der Waals surface area (Å²) in [5.41, 5.74) is 0.360. The van der Waals surface area contributed by atoms with Gasteiger partial charge < -0.3 is 10.1 Å². The number of nitrogens with one attached hydrogen (secondary N) is 1. The van der Waals surface area contributed by atoms with E-state index in [0.717, 1.165) is 0 Å². The zero-order valence-electron chi connectivity index (χ0n) is 10.8. The topological polar surface area (TPSA) is 38.3 Å². The van der Waals surface area contributed by atoms with Crippen LogP contribution in [0.15, 0.2) is 24.3 Å². The normalized spacial score (nSPS) is 11.5. The van der Waals surface area contributed by atoms with Gasteiger partial charge in [-0.3, -0.25) is 4.79 Å². The summed E-state index contributed by atoms with van der Waals surface area (Å²) in [6.07, 6.45) is -4.41. The van der Waals surface area contributed by atoms with E-state index in [1.54, 1.807) is 6.07 Å². The van der Waals surface area contributed by atoms with Crippen molar-refractivity contribution >= 4 is 5.91 Å². The molecule has 1 aromatic carbocycles. The van der Waals surface area contributed by atoms with Gasteiger partial charge in [-0.2, -0.15) is 0 Å². The summed E-state index contributed by atoms with van der Waals surface area (Å²) in [5.74, 6) is -0.454. The standard InChI is InChI=1S/C13H16F3NO2/c1-9(2)17-12(18)8-7-10-5-3-4-6-11(10)19-13(14,15)16/h3-6,9H,7-8H2,1-2H3,(H,17,18). The molecule has 0 unspecified atom stereocenters. The van der Waals surface area contributed by atoms with Crippen LogP contribution in [0.5, 0.6) is 5.75 Å². The quantitative estimate of drug-likeness (QED) is 0.897. The van der Waals surface area contributed by atoms with E-state index in [1.807, 2.05) is 13.8 Å². The molecule has 0 saturated heterocycles. The molecule has 1 N–H and O–H groups in total. The van der Waals surface area contributed by atoms with E-state index in [1.165, 1.54) is 18.2 Å². The summed E-state index contributed by atoms with van der Waals surface area (Å²) in [4.78, 5) is 11.4. The second-order valence-corrected chi connectivity index (χ2v) is 4.38. The van der Waals surface area contributed by atoms with Crippen LogP contribution < -0.4 is 10.1 Å². The summed E-state index contributed by atoms with van der Waals surface area (Å²) in [6.45, 7) is 3.64. The van der Waals surface area contributed by atoms with Crippen molar-refractivity contribution in [2.45, 2.75) is 39.1 Å². The molecular weight excluding hydrogens is 259 g/mol. The van der Waals surface area contributed by atoms with E-state index < -0.39 is 6.36 Å². The zero-order chi connectivity index (χ0) is 14.5. The Bertz CT molecular complexity index is 430. The molecule has 106 valence electrons. The van der Waals surface area contributed by atoms with Gasteiger partial charge in [0.15, 0.2) is 0 Å². The number of carbonyl (C=O) groups excluding carboxylic acids is 1. The fraction of sp³-hybridized carbons (Fsp3) is 0.462. The molecule has 0 bridgehead atoms. The van der Waals surface area contributed by atoms with Crippen LogP contribution in [0.3, 0.4) is 0 Å². The first-order chi connectivity index (χ1) is 8.78. The molecule has 0 aromatic heterocycles. The van der Waals surface area contributed by atoms with Crippen molar-refractivity contribution in [1.29, 1.82) is 0 Å². The maximum absolute atomic E-state index is 12.2. The molecular formula is C13H16F3NO2. The minimum Gasteiger partial charge on any atom is -0.406 e. The maximum atomic E-state index is 12.2. The number of carbonyl (C=O) groups is 1. The molecule has 0 fully saturated rings. The highest BCUT2D eigenvalue weighted by atomic mass is 19.4. The number of aryl methyl sites for hydroxylation is 1. The molecule has 0 atom stereocenters. The third-order valence-electron chi connectivity index (χ3n) is 2.27. The zero-order valence-corrected chi connectivity index (χ0v) is 10.8. The predicted molar refractivity (Wildman–Crippen MR) is 64.7 cm³/mol. The van der Waals surface area contributed by atoms with Gasteiger partial charge in [0.2, 0.25) is 5.91 Å². The SMILES string of the molecule is CC(C)NC(=O)CCc1ccccc1OC(F)(F)F. The van der Waals surface area contributed by atoms with Gasteiger partial charge in [0.25, 0.3) is 0 Å². The van der Waals surface area contributed by atoms with Crippen LogP contribution in [0.4, 0.5) is 13.2 Å². The van der Waals surface area contributed by atoms with Crippen molar-refractivity contribution < 1.29 is 22.7 Å². The molecule has 0 aliphatic heterocycles. The van der Waals surface area contributed by atoms with E-state index >= 15 is 0 Å². The number of rotatable bonds is 5. The first kappa shape index (κ1) is 15.3. The number of para-hydroxylation sites is 1. The van der Waals surface area contributed by atoms with Crippen LogP contribution in [0.2, 0.25) is 0 Å². The van der Waals surface area contributed by atoms with Crippen LogP contribution in [0.25, 0.3) is 0 Å². The molecule has 6 heteroatoms. The number of benzene rings is 1. The van der Waals surface area contributed by atoms with Crippen molar-refractivity contribution in [2.75, 3.05) is 0 Å². The molecule has 0 aliphatic rings. The highest BCUT2D eigenvalue weighted by Crippen LogP contribution is 2.26. The first-order valence-corrected chi connectivity index (χ1v) is 5.91. The number of halogens is 3. The second-order valence-electron chi connectivity index (χ2n) is 4.38. The fourth-order valence-corrected chi connectivity index (χ4v) is 1.58. The average molecular weight is 275 g/mol. The van der Waals surface area contributed by atoms with Crippen molar-refractivity contribution in [3.05, 3.63) is 29.8 Å². The summed E-state index contributed by atoms with van der Waals surface area (Å²) in [6, 6.07) is 5.83. The van der Waals surface area contributed by atoms with E-state index in [4.69, 9.17) is 0 Å². The highest BCUT2D eigenvalue weighted by molar-refractivity contribution is 5.76. The molecule has 0 radical (unpaired) electrons. The van der Waals surface area contributed by atoms with E-state index in [0.29, 0.717) is 5.56 Å². The van der Waals surface area contributed by atoms with Crippen molar-refractivity contribution in [2.24, 2.45) is 0 Å². The molecule has 19 heavy (non-hydrogen) atoms. The average Bonchev–Trinajstić information content (AvgIpc) is 2.25. The third kappa shape index (κ3) is 6.13. The Morgan fingerprint density at radius 1 is 1.32 bits per heavy atom. The van der Waals surface area contributed by atoms with E-state index in [2.05, 4.69) is 10.1 Å². The Hall–Kier alpha value is -1.72. The smallest absolute Gasteiger partial charge is 0.406 e. The number of ether oxygens (including phenoxy) is 1. The lowest BCUT2D eigenvalue weighted by molar-refractivity contribution is -0.274. The molecule has 1 aromatic rings. The summed E-state index contributed by atoms with van der Waals surface area (Å²) < 4.78 is 40.5. The lowest BCUT2D eigenvalue weighted by Gasteiger charge is -2.13. The molecule has 0 heterocycles. The van der Waals surface area contributed by atoms with Gasteiger partial charge in [0, 0.05) is 12.5 Å². The monoisotopic (exact) mass is 275 g/mol. The second kappa shape index (κ2) is 6.45. The minimum absolute atomic E-state index is 0.00849. The van der Waals surface area contributed by atoms with Crippen molar-refractivity contribution in [3.8, 4) is 5.75 Å². The van der Waals surface area contributed by atoms with Crippen LogP contribution >= 0.6 is 0 Å². The van der Waals surface area contributed by atoms with Gasteiger partial charge in [-0.15, -0.1) is 13.2 Å². The third-order valence-corrected chi connectivity index (χ3v) is 2.27. The number of hydrogen-bond donors (Lipinski definition) is 1. The molecule has 0 aliphatic carbocycles. The van der Waals surface area contributed by atoms with Crippen LogP contribution in [0.1, 0.15) is 25.8 Å². The summed E-state index contributed by atoms with van der Waals surface area (Å²) >= 11 is 0. The Balaban J connectivity index is 2.65. The van der Waals surface area contributed by atoms with Crippen molar-refractivity contribution in [3.63, 3.8) is 0 Å². The largest absolute Gasteiger partial charge is 0.573 e. The van der Waals surface area contributed by atoms with Gasteiger partial charge in [-0.1, -0.05) is 18.2 Å². The fourth-order valence-electron chi connectivity index (χ4n) is 1.58. The number of hydrogen-bond acceptors (Lipinski definition) is 2. The number of alkyl halides is 3. The lowest BCUT2D eigenvalue weighted by atomic mass is 10.1. The first-order valence-electron chi connectivity index (χ1n) is 5.91.